The molecule has 1 saturated carbocycles. The maximum Gasteiger partial charge on any atom is 0.154 e. The van der Waals surface area contributed by atoms with E-state index in [-0.39, 0.29) is 23.3 Å². The Morgan fingerprint density at radius 1 is 1.36 bits per heavy atom. The van der Waals surface area contributed by atoms with E-state index in [2.05, 4.69) is 15.9 Å². The standard InChI is InChI=1S/C15H20BrNO3S2/c1-3-20-9-15(14(17)21)12(13(15)22(18,19)4-2)10-5-7-11(16)8-6-10/h5-8,12-13H,3-4,9H2,1-2H3,(H2,17,21)/t12-,13-,15+/m1/s1. The van der Waals surface area contributed by atoms with Gasteiger partial charge in [0, 0.05) is 22.8 Å². The summed E-state index contributed by atoms with van der Waals surface area (Å²) in [6.07, 6.45) is 0. The highest BCUT2D eigenvalue weighted by molar-refractivity contribution is 9.10. The molecule has 7 heteroatoms. The van der Waals surface area contributed by atoms with Gasteiger partial charge in [-0.2, -0.15) is 0 Å². The van der Waals surface area contributed by atoms with Gasteiger partial charge in [0.05, 0.1) is 22.3 Å². The first kappa shape index (κ1) is 17.8. The first-order chi connectivity index (χ1) is 10.3. The largest absolute Gasteiger partial charge is 0.393 e. The van der Waals surface area contributed by atoms with E-state index in [0.717, 1.165) is 10.0 Å². The lowest BCUT2D eigenvalue weighted by Crippen LogP contribution is -2.34. The minimum atomic E-state index is -3.27. The summed E-state index contributed by atoms with van der Waals surface area (Å²) in [5.74, 6) is -0.170. The normalized spacial score (nSPS) is 27.6. The zero-order valence-electron chi connectivity index (χ0n) is 12.6. The van der Waals surface area contributed by atoms with Crippen LogP contribution in [-0.4, -0.2) is 37.6 Å². The Morgan fingerprint density at radius 3 is 2.41 bits per heavy atom. The summed E-state index contributed by atoms with van der Waals surface area (Å²) in [5.41, 5.74) is 6.08. The Bertz CT molecular complexity index is 660. The summed E-state index contributed by atoms with van der Waals surface area (Å²) in [6, 6.07) is 7.63. The van der Waals surface area contributed by atoms with Gasteiger partial charge in [0.2, 0.25) is 0 Å². The first-order valence-electron chi connectivity index (χ1n) is 7.16. The van der Waals surface area contributed by atoms with Gasteiger partial charge in [0.1, 0.15) is 0 Å². The van der Waals surface area contributed by atoms with Crippen LogP contribution >= 0.6 is 28.1 Å². The molecule has 0 amide bonds. The fourth-order valence-electron chi connectivity index (χ4n) is 3.06. The average molecular weight is 406 g/mol. The molecule has 0 heterocycles. The van der Waals surface area contributed by atoms with E-state index < -0.39 is 20.5 Å². The first-order valence-corrected chi connectivity index (χ1v) is 10.1. The van der Waals surface area contributed by atoms with Crippen molar-refractivity contribution in [3.8, 4) is 0 Å². The average Bonchev–Trinajstić information content (AvgIpc) is 3.17. The van der Waals surface area contributed by atoms with Crippen molar-refractivity contribution in [3.63, 3.8) is 0 Å². The molecule has 1 aliphatic carbocycles. The van der Waals surface area contributed by atoms with Crippen LogP contribution in [0.5, 0.6) is 0 Å². The van der Waals surface area contributed by atoms with Crippen LogP contribution < -0.4 is 5.73 Å². The lowest BCUT2D eigenvalue weighted by atomic mass is 10.00. The number of hydrogen-bond donors (Lipinski definition) is 1. The highest BCUT2D eigenvalue weighted by atomic mass is 79.9. The van der Waals surface area contributed by atoms with Crippen molar-refractivity contribution in [2.24, 2.45) is 11.1 Å². The van der Waals surface area contributed by atoms with Crippen LogP contribution in [0.4, 0.5) is 0 Å². The van der Waals surface area contributed by atoms with Crippen LogP contribution in [0.15, 0.2) is 28.7 Å². The van der Waals surface area contributed by atoms with E-state index >= 15 is 0 Å². The van der Waals surface area contributed by atoms with Crippen molar-refractivity contribution < 1.29 is 13.2 Å². The Balaban J connectivity index is 2.48. The zero-order chi connectivity index (χ0) is 16.5. The van der Waals surface area contributed by atoms with Gasteiger partial charge < -0.3 is 10.5 Å². The molecule has 3 atom stereocenters. The lowest BCUT2D eigenvalue weighted by molar-refractivity contribution is 0.121. The van der Waals surface area contributed by atoms with E-state index in [1.807, 2.05) is 31.2 Å². The fourth-order valence-corrected chi connectivity index (χ4v) is 5.79. The highest BCUT2D eigenvalue weighted by Gasteiger charge is 2.72. The molecule has 1 aliphatic rings. The molecule has 0 bridgehead atoms. The third-order valence-corrected chi connectivity index (χ3v) is 7.46. The second-order valence-electron chi connectivity index (χ2n) is 5.44. The van der Waals surface area contributed by atoms with Gasteiger partial charge in [-0.15, -0.1) is 0 Å². The van der Waals surface area contributed by atoms with Crippen molar-refractivity contribution in [1.29, 1.82) is 0 Å². The fraction of sp³-hybridized carbons (Fsp3) is 0.533. The summed E-state index contributed by atoms with van der Waals surface area (Å²) in [7, 11) is -3.27. The topological polar surface area (TPSA) is 69.4 Å². The molecular weight excluding hydrogens is 386 g/mol. The van der Waals surface area contributed by atoms with Crippen molar-refractivity contribution >= 4 is 43.0 Å². The number of rotatable bonds is 7. The number of halogens is 1. The van der Waals surface area contributed by atoms with Crippen LogP contribution in [0.3, 0.4) is 0 Å². The number of sulfone groups is 1. The van der Waals surface area contributed by atoms with E-state index in [4.69, 9.17) is 22.7 Å². The quantitative estimate of drug-likeness (QED) is 0.706. The second-order valence-corrected chi connectivity index (χ2v) is 9.21. The van der Waals surface area contributed by atoms with Crippen LogP contribution in [-0.2, 0) is 14.6 Å². The molecule has 1 aromatic rings. The second kappa shape index (κ2) is 6.55. The van der Waals surface area contributed by atoms with E-state index in [0.29, 0.717) is 6.61 Å². The van der Waals surface area contributed by atoms with Crippen LogP contribution in [0.1, 0.15) is 25.3 Å². The summed E-state index contributed by atoms with van der Waals surface area (Å²) in [6.45, 7) is 4.25. The monoisotopic (exact) mass is 405 g/mol. The summed E-state index contributed by atoms with van der Waals surface area (Å²) in [4.78, 5) is 0.218. The van der Waals surface area contributed by atoms with Gasteiger partial charge in [0.15, 0.2) is 9.84 Å². The van der Waals surface area contributed by atoms with Crippen molar-refractivity contribution in [3.05, 3.63) is 34.3 Å². The summed E-state index contributed by atoms with van der Waals surface area (Å²) >= 11 is 8.62. The van der Waals surface area contributed by atoms with E-state index in [9.17, 15) is 8.42 Å². The minimum absolute atomic E-state index is 0.0706. The highest BCUT2D eigenvalue weighted by Crippen LogP contribution is 2.63. The van der Waals surface area contributed by atoms with Crippen LogP contribution in [0.2, 0.25) is 0 Å². The van der Waals surface area contributed by atoms with Gasteiger partial charge in [-0.25, -0.2) is 8.42 Å². The molecule has 0 radical (unpaired) electrons. The number of thiocarbonyl (C=S) groups is 1. The maximum absolute atomic E-state index is 12.5. The Morgan fingerprint density at radius 2 is 1.95 bits per heavy atom. The molecule has 122 valence electrons. The van der Waals surface area contributed by atoms with E-state index in [1.54, 1.807) is 6.92 Å². The Hall–Kier alpha value is -0.500. The zero-order valence-corrected chi connectivity index (χ0v) is 15.8. The Kier molecular flexibility index (Phi) is 5.31. The molecule has 0 aromatic heterocycles. The maximum atomic E-state index is 12.5. The summed E-state index contributed by atoms with van der Waals surface area (Å²) in [5, 5.41) is -0.602. The lowest BCUT2D eigenvalue weighted by Gasteiger charge is -2.16. The molecule has 1 aromatic carbocycles. The van der Waals surface area contributed by atoms with Crippen LogP contribution in [0, 0.1) is 5.41 Å². The molecule has 1 fully saturated rings. The number of ether oxygens (including phenoxy) is 1. The Labute approximate surface area is 145 Å². The number of nitrogens with two attached hydrogens (primary N) is 1. The molecule has 4 nitrogen and oxygen atoms in total. The molecule has 0 unspecified atom stereocenters. The predicted octanol–water partition coefficient (Wildman–Crippen LogP) is 2.66. The molecular formula is C15H20BrNO3S2. The molecule has 22 heavy (non-hydrogen) atoms. The molecule has 2 N–H and O–H groups in total. The van der Waals surface area contributed by atoms with Crippen molar-refractivity contribution in [2.75, 3.05) is 19.0 Å². The molecule has 0 spiro atoms. The SMILES string of the molecule is CCOC[C@]1(C(N)=S)[C@H](c2ccc(Br)cc2)[C@H]1S(=O)(=O)CC. The van der Waals surface area contributed by atoms with Crippen molar-refractivity contribution in [2.45, 2.75) is 25.0 Å². The van der Waals surface area contributed by atoms with Gasteiger partial charge >= 0.3 is 0 Å². The van der Waals surface area contributed by atoms with Gasteiger partial charge in [0.25, 0.3) is 0 Å². The van der Waals surface area contributed by atoms with Crippen molar-refractivity contribution in [1.82, 2.24) is 0 Å². The number of hydrogen-bond acceptors (Lipinski definition) is 4. The smallest absolute Gasteiger partial charge is 0.154 e. The predicted molar refractivity (Wildman–Crippen MR) is 95.8 cm³/mol. The molecule has 2 rings (SSSR count). The van der Waals surface area contributed by atoms with Gasteiger partial charge in [-0.3, -0.25) is 0 Å². The molecule has 0 aliphatic heterocycles. The third kappa shape index (κ3) is 2.96. The minimum Gasteiger partial charge on any atom is -0.393 e. The van der Waals surface area contributed by atoms with Gasteiger partial charge in [-0.05, 0) is 24.6 Å². The van der Waals surface area contributed by atoms with Crippen LogP contribution in [0.25, 0.3) is 0 Å². The summed E-state index contributed by atoms with van der Waals surface area (Å²) < 4.78 is 31.5. The molecule has 0 saturated heterocycles. The van der Waals surface area contributed by atoms with E-state index in [1.165, 1.54) is 0 Å². The third-order valence-electron chi connectivity index (χ3n) is 4.28. The number of benzene rings is 1. The van der Waals surface area contributed by atoms with Gasteiger partial charge in [-0.1, -0.05) is 47.2 Å².